The Kier molecular flexibility index (Phi) is 5.87. The van der Waals surface area contributed by atoms with Crippen LogP contribution in [0.5, 0.6) is 5.75 Å². The maximum atomic E-state index is 12.9. The number of hydrogen-bond donors (Lipinski definition) is 2. The molecule has 2 aromatic carbocycles. The van der Waals surface area contributed by atoms with E-state index in [1.165, 1.54) is 0 Å². The number of rotatable bonds is 7. The van der Waals surface area contributed by atoms with Crippen molar-refractivity contribution < 1.29 is 19.1 Å². The average Bonchev–Trinajstić information content (AvgIpc) is 2.92. The third kappa shape index (κ3) is 4.56. The fourth-order valence-corrected chi connectivity index (χ4v) is 3.29. The van der Waals surface area contributed by atoms with E-state index in [2.05, 4.69) is 10.6 Å². The molecule has 1 atom stereocenters. The summed E-state index contributed by atoms with van der Waals surface area (Å²) in [5.74, 6) is -0.0470. The highest BCUT2D eigenvalue weighted by Crippen LogP contribution is 2.24. The molecule has 0 saturated carbocycles. The molecular formula is C22H25N3O4. The van der Waals surface area contributed by atoms with Gasteiger partial charge in [-0.05, 0) is 56.0 Å². The van der Waals surface area contributed by atoms with Crippen molar-refractivity contribution in [3.63, 3.8) is 0 Å². The van der Waals surface area contributed by atoms with Crippen molar-refractivity contribution in [2.45, 2.75) is 32.2 Å². The average molecular weight is 395 g/mol. The number of benzene rings is 2. The molecule has 7 nitrogen and oxygen atoms in total. The van der Waals surface area contributed by atoms with Crippen LogP contribution in [0.4, 0.5) is 10.5 Å². The van der Waals surface area contributed by atoms with Gasteiger partial charge in [-0.3, -0.25) is 14.5 Å². The number of nitrogens with zero attached hydrogens (tertiary/aromatic N) is 1. The molecule has 1 heterocycles. The topological polar surface area (TPSA) is 87.7 Å². The van der Waals surface area contributed by atoms with Gasteiger partial charge in [0.1, 0.15) is 17.8 Å². The monoisotopic (exact) mass is 395 g/mol. The van der Waals surface area contributed by atoms with Crippen LogP contribution in [0.3, 0.4) is 0 Å². The SMILES string of the molecule is COc1ccc(CCC2(C)NC(=O)N(CC(=O)Nc3ccccc3C)C2=O)cc1. The summed E-state index contributed by atoms with van der Waals surface area (Å²) in [6.07, 6.45) is 1.04. The zero-order valence-corrected chi connectivity index (χ0v) is 16.8. The Morgan fingerprint density at radius 3 is 2.48 bits per heavy atom. The second-order valence-corrected chi connectivity index (χ2v) is 7.36. The fraction of sp³-hybridized carbons (Fsp3) is 0.318. The van der Waals surface area contributed by atoms with Gasteiger partial charge in [-0.15, -0.1) is 0 Å². The van der Waals surface area contributed by atoms with Crippen molar-refractivity contribution in [2.24, 2.45) is 0 Å². The molecule has 1 aliphatic rings. The van der Waals surface area contributed by atoms with Crippen molar-refractivity contribution in [1.82, 2.24) is 10.2 Å². The molecule has 7 heteroatoms. The van der Waals surface area contributed by atoms with Gasteiger partial charge in [0.05, 0.1) is 7.11 Å². The number of ether oxygens (including phenoxy) is 1. The molecule has 29 heavy (non-hydrogen) atoms. The number of methoxy groups -OCH3 is 1. The second-order valence-electron chi connectivity index (χ2n) is 7.36. The molecule has 1 aliphatic heterocycles. The zero-order valence-electron chi connectivity index (χ0n) is 16.8. The molecule has 2 aromatic rings. The van der Waals surface area contributed by atoms with Gasteiger partial charge in [-0.25, -0.2) is 4.79 Å². The first kappa shape index (κ1) is 20.4. The van der Waals surface area contributed by atoms with E-state index in [4.69, 9.17) is 4.74 Å². The van der Waals surface area contributed by atoms with Crippen LogP contribution >= 0.6 is 0 Å². The predicted octanol–water partition coefficient (Wildman–Crippen LogP) is 2.89. The van der Waals surface area contributed by atoms with Gasteiger partial charge in [-0.1, -0.05) is 30.3 Å². The lowest BCUT2D eigenvalue weighted by Crippen LogP contribution is -2.45. The number of urea groups is 1. The van der Waals surface area contributed by atoms with E-state index in [1.807, 2.05) is 49.4 Å². The number of nitrogens with one attached hydrogen (secondary N) is 2. The quantitative estimate of drug-likeness (QED) is 0.706. The van der Waals surface area contributed by atoms with Gasteiger partial charge in [0, 0.05) is 5.69 Å². The number of para-hydroxylation sites is 1. The second kappa shape index (κ2) is 8.34. The molecule has 0 aromatic heterocycles. The van der Waals surface area contributed by atoms with Crippen LogP contribution in [0.25, 0.3) is 0 Å². The standard InChI is InChI=1S/C22H25N3O4/c1-15-6-4-5-7-18(15)23-19(26)14-25-20(27)22(2,24-21(25)28)13-12-16-8-10-17(29-3)11-9-16/h4-11H,12-14H2,1-3H3,(H,23,26)(H,24,28). The molecule has 152 valence electrons. The molecule has 4 amide bonds. The molecule has 0 spiro atoms. The molecule has 1 fully saturated rings. The molecule has 3 rings (SSSR count). The first-order valence-corrected chi connectivity index (χ1v) is 9.45. The van der Waals surface area contributed by atoms with E-state index in [9.17, 15) is 14.4 Å². The van der Waals surface area contributed by atoms with Crippen molar-refractivity contribution in [3.05, 3.63) is 59.7 Å². The minimum atomic E-state index is -1.04. The predicted molar refractivity (Wildman–Crippen MR) is 110 cm³/mol. The summed E-state index contributed by atoms with van der Waals surface area (Å²) in [6, 6.07) is 14.4. The van der Waals surface area contributed by atoms with Crippen LogP contribution in [-0.4, -0.2) is 41.9 Å². The third-order valence-electron chi connectivity index (χ3n) is 5.14. The number of carbonyl (C=O) groups excluding carboxylic acids is 3. The summed E-state index contributed by atoms with van der Waals surface area (Å²) >= 11 is 0. The van der Waals surface area contributed by atoms with E-state index in [0.29, 0.717) is 18.5 Å². The van der Waals surface area contributed by atoms with Crippen LogP contribution < -0.4 is 15.4 Å². The Hall–Kier alpha value is -3.35. The highest BCUT2D eigenvalue weighted by Gasteiger charge is 2.47. The number of carbonyl (C=O) groups is 3. The van der Waals surface area contributed by atoms with Gasteiger partial charge in [-0.2, -0.15) is 0 Å². The Morgan fingerprint density at radius 1 is 1.14 bits per heavy atom. The van der Waals surface area contributed by atoms with Crippen LogP contribution in [0.2, 0.25) is 0 Å². The smallest absolute Gasteiger partial charge is 0.325 e. The van der Waals surface area contributed by atoms with Crippen LogP contribution in [0.1, 0.15) is 24.5 Å². The maximum Gasteiger partial charge on any atom is 0.325 e. The van der Waals surface area contributed by atoms with E-state index >= 15 is 0 Å². The number of hydrogen-bond acceptors (Lipinski definition) is 4. The molecular weight excluding hydrogens is 370 g/mol. The van der Waals surface area contributed by atoms with Gasteiger partial charge < -0.3 is 15.4 Å². The van der Waals surface area contributed by atoms with Crippen LogP contribution in [-0.2, 0) is 16.0 Å². The van der Waals surface area contributed by atoms with E-state index in [1.54, 1.807) is 20.1 Å². The highest BCUT2D eigenvalue weighted by atomic mass is 16.5. The zero-order chi connectivity index (χ0) is 21.0. The van der Waals surface area contributed by atoms with E-state index < -0.39 is 23.4 Å². The van der Waals surface area contributed by atoms with Gasteiger partial charge in [0.15, 0.2) is 0 Å². The summed E-state index contributed by atoms with van der Waals surface area (Å²) in [6.45, 7) is 3.24. The summed E-state index contributed by atoms with van der Waals surface area (Å²) in [5.41, 5.74) is 1.55. The number of amides is 4. The highest BCUT2D eigenvalue weighted by molar-refractivity contribution is 6.10. The summed E-state index contributed by atoms with van der Waals surface area (Å²) in [4.78, 5) is 38.5. The minimum absolute atomic E-state index is 0.322. The molecule has 1 saturated heterocycles. The van der Waals surface area contributed by atoms with Crippen molar-refractivity contribution >= 4 is 23.5 Å². The molecule has 0 radical (unpaired) electrons. The third-order valence-corrected chi connectivity index (χ3v) is 5.14. The maximum absolute atomic E-state index is 12.9. The van der Waals surface area contributed by atoms with E-state index in [0.717, 1.165) is 21.8 Å². The Morgan fingerprint density at radius 2 is 1.83 bits per heavy atom. The number of anilines is 1. The van der Waals surface area contributed by atoms with Gasteiger partial charge in [0.25, 0.3) is 5.91 Å². The lowest BCUT2D eigenvalue weighted by molar-refractivity contribution is -0.133. The lowest BCUT2D eigenvalue weighted by Gasteiger charge is -2.21. The van der Waals surface area contributed by atoms with Gasteiger partial charge >= 0.3 is 6.03 Å². The first-order chi connectivity index (χ1) is 13.8. The van der Waals surface area contributed by atoms with Gasteiger partial charge in [0.2, 0.25) is 5.91 Å². The lowest BCUT2D eigenvalue weighted by atomic mass is 9.93. The molecule has 0 aliphatic carbocycles. The van der Waals surface area contributed by atoms with Crippen molar-refractivity contribution in [1.29, 1.82) is 0 Å². The minimum Gasteiger partial charge on any atom is -0.497 e. The summed E-state index contributed by atoms with van der Waals surface area (Å²) < 4.78 is 5.14. The van der Waals surface area contributed by atoms with Crippen molar-refractivity contribution in [2.75, 3.05) is 19.0 Å². The number of aryl methyl sites for hydroxylation is 2. The first-order valence-electron chi connectivity index (χ1n) is 9.45. The Labute approximate surface area is 170 Å². The normalized spacial score (nSPS) is 18.5. The Bertz CT molecular complexity index is 926. The largest absolute Gasteiger partial charge is 0.497 e. The van der Waals surface area contributed by atoms with E-state index in [-0.39, 0.29) is 6.54 Å². The Balaban J connectivity index is 1.61. The number of imide groups is 1. The summed E-state index contributed by atoms with van der Waals surface area (Å²) in [7, 11) is 1.60. The fourth-order valence-electron chi connectivity index (χ4n) is 3.29. The van der Waals surface area contributed by atoms with Crippen LogP contribution in [0.15, 0.2) is 48.5 Å². The van der Waals surface area contributed by atoms with Crippen LogP contribution in [0, 0.1) is 6.92 Å². The molecule has 2 N–H and O–H groups in total. The summed E-state index contributed by atoms with van der Waals surface area (Å²) in [5, 5.41) is 5.49. The molecule has 1 unspecified atom stereocenters. The van der Waals surface area contributed by atoms with Crippen molar-refractivity contribution in [3.8, 4) is 5.75 Å². The molecule has 0 bridgehead atoms.